The molecule has 20 heavy (non-hydrogen) atoms. The van der Waals surface area contributed by atoms with Gasteiger partial charge in [-0.1, -0.05) is 26.3 Å². The van der Waals surface area contributed by atoms with Gasteiger partial charge in [-0.3, -0.25) is 0 Å². The molecule has 0 aliphatic heterocycles. The molecule has 3 atom stereocenters. The quantitative estimate of drug-likeness (QED) is 0.862. The minimum Gasteiger partial charge on any atom is -0.317 e. The van der Waals surface area contributed by atoms with Crippen molar-refractivity contribution in [3.05, 3.63) is 34.9 Å². The Labute approximate surface area is 120 Å². The molecule has 1 aromatic rings. The van der Waals surface area contributed by atoms with Gasteiger partial charge in [-0.2, -0.15) is 0 Å². The van der Waals surface area contributed by atoms with E-state index in [2.05, 4.69) is 19.2 Å². The Morgan fingerprint density at radius 2 is 2.00 bits per heavy atom. The topological polar surface area (TPSA) is 12.0 Å². The van der Waals surface area contributed by atoms with E-state index in [0.717, 1.165) is 32.4 Å². The highest BCUT2D eigenvalue weighted by molar-refractivity contribution is 5.30. The number of halogens is 2. The Bertz CT molecular complexity index is 457. The molecule has 0 amide bonds. The first-order valence-corrected chi connectivity index (χ1v) is 7.69. The molecular formula is C17H25F2N. The maximum atomic E-state index is 14.4. The Hall–Kier alpha value is -0.960. The lowest BCUT2D eigenvalue weighted by atomic mass is 9.71. The van der Waals surface area contributed by atoms with Gasteiger partial charge in [0.1, 0.15) is 11.6 Å². The molecule has 0 aromatic heterocycles. The van der Waals surface area contributed by atoms with Crippen molar-refractivity contribution >= 4 is 0 Å². The fourth-order valence-electron chi connectivity index (χ4n) is 3.39. The van der Waals surface area contributed by atoms with Gasteiger partial charge in [0, 0.05) is 5.56 Å². The summed E-state index contributed by atoms with van der Waals surface area (Å²) in [5, 5.41) is 3.34. The van der Waals surface area contributed by atoms with Crippen LogP contribution in [0, 0.1) is 30.4 Å². The molecule has 1 N–H and O–H groups in total. The molecule has 2 rings (SSSR count). The van der Waals surface area contributed by atoms with Crippen molar-refractivity contribution in [2.75, 3.05) is 13.1 Å². The van der Waals surface area contributed by atoms with E-state index in [1.165, 1.54) is 12.1 Å². The number of hydrogen-bond donors (Lipinski definition) is 1. The third-order valence-electron chi connectivity index (χ3n) is 4.60. The molecule has 0 bridgehead atoms. The Morgan fingerprint density at radius 3 is 2.70 bits per heavy atom. The van der Waals surface area contributed by atoms with Crippen molar-refractivity contribution in [3.8, 4) is 0 Å². The summed E-state index contributed by atoms with van der Waals surface area (Å²) in [6, 6.07) is 2.94. The molecule has 0 spiro atoms. The largest absolute Gasteiger partial charge is 0.317 e. The van der Waals surface area contributed by atoms with Crippen LogP contribution in [0.25, 0.3) is 0 Å². The van der Waals surface area contributed by atoms with Crippen molar-refractivity contribution in [2.24, 2.45) is 11.8 Å². The third-order valence-corrected chi connectivity index (χ3v) is 4.60. The number of nitrogens with one attached hydrogen (secondary N) is 1. The zero-order valence-corrected chi connectivity index (χ0v) is 12.7. The highest BCUT2D eigenvalue weighted by Crippen LogP contribution is 2.42. The van der Waals surface area contributed by atoms with Gasteiger partial charge in [0.05, 0.1) is 0 Å². The second kappa shape index (κ2) is 6.66. The lowest BCUT2D eigenvalue weighted by Crippen LogP contribution is -2.32. The standard InChI is InChI=1S/C17H25F2N/c1-4-20-10-13-7-5-11(2)9-14(13)16-15(18)8-6-12(3)17(16)19/h6,8,11,13-14,20H,4-5,7,9-10H2,1-3H3. The number of hydrogen-bond acceptors (Lipinski definition) is 1. The molecule has 3 unspecified atom stereocenters. The van der Waals surface area contributed by atoms with Crippen LogP contribution in [-0.4, -0.2) is 13.1 Å². The second-order valence-electron chi connectivity index (χ2n) is 6.18. The lowest BCUT2D eigenvalue weighted by molar-refractivity contribution is 0.234. The number of rotatable bonds is 4. The molecule has 1 nitrogen and oxygen atoms in total. The van der Waals surface area contributed by atoms with Crippen LogP contribution in [-0.2, 0) is 0 Å². The van der Waals surface area contributed by atoms with Crippen molar-refractivity contribution < 1.29 is 8.78 Å². The van der Waals surface area contributed by atoms with Gasteiger partial charge in [-0.05, 0) is 62.2 Å². The minimum atomic E-state index is -0.381. The van der Waals surface area contributed by atoms with Gasteiger partial charge in [-0.15, -0.1) is 0 Å². The predicted octanol–water partition coefficient (Wildman–Crippen LogP) is 4.40. The van der Waals surface area contributed by atoms with E-state index in [-0.39, 0.29) is 17.6 Å². The van der Waals surface area contributed by atoms with Gasteiger partial charge in [0.15, 0.2) is 0 Å². The number of benzene rings is 1. The van der Waals surface area contributed by atoms with Crippen molar-refractivity contribution in [1.29, 1.82) is 0 Å². The summed E-state index contributed by atoms with van der Waals surface area (Å²) in [5.74, 6) is 0.145. The molecule has 1 aliphatic carbocycles. The SMILES string of the molecule is CCNCC1CCC(C)CC1c1c(F)ccc(C)c1F. The van der Waals surface area contributed by atoms with Gasteiger partial charge < -0.3 is 5.32 Å². The van der Waals surface area contributed by atoms with Crippen molar-refractivity contribution in [1.82, 2.24) is 5.32 Å². The van der Waals surface area contributed by atoms with E-state index in [1.54, 1.807) is 6.92 Å². The molecule has 1 aromatic carbocycles. The summed E-state index contributed by atoms with van der Waals surface area (Å²) in [4.78, 5) is 0. The lowest BCUT2D eigenvalue weighted by Gasteiger charge is -2.36. The maximum Gasteiger partial charge on any atom is 0.132 e. The fourth-order valence-corrected chi connectivity index (χ4v) is 3.39. The van der Waals surface area contributed by atoms with E-state index in [1.807, 2.05) is 0 Å². The normalized spacial score (nSPS) is 26.8. The summed E-state index contributed by atoms with van der Waals surface area (Å²) in [6.07, 6.45) is 3.08. The molecule has 0 saturated heterocycles. The molecule has 0 radical (unpaired) electrons. The molecular weight excluding hydrogens is 256 g/mol. The van der Waals surface area contributed by atoms with Crippen LogP contribution in [0.1, 0.15) is 50.2 Å². The van der Waals surface area contributed by atoms with Gasteiger partial charge >= 0.3 is 0 Å². The molecule has 3 heteroatoms. The second-order valence-corrected chi connectivity index (χ2v) is 6.18. The van der Waals surface area contributed by atoms with Gasteiger partial charge in [0.25, 0.3) is 0 Å². The zero-order valence-electron chi connectivity index (χ0n) is 12.7. The molecule has 1 fully saturated rings. The number of aryl methyl sites for hydroxylation is 1. The summed E-state index contributed by atoms with van der Waals surface area (Å²) >= 11 is 0. The van der Waals surface area contributed by atoms with Crippen LogP contribution in [0.3, 0.4) is 0 Å². The smallest absolute Gasteiger partial charge is 0.132 e. The van der Waals surface area contributed by atoms with Crippen LogP contribution in [0.2, 0.25) is 0 Å². The van der Waals surface area contributed by atoms with Crippen molar-refractivity contribution in [3.63, 3.8) is 0 Å². The van der Waals surface area contributed by atoms with Crippen molar-refractivity contribution in [2.45, 2.75) is 46.0 Å². The highest BCUT2D eigenvalue weighted by Gasteiger charge is 2.33. The summed E-state index contributed by atoms with van der Waals surface area (Å²) in [6.45, 7) is 7.71. The van der Waals surface area contributed by atoms with E-state index in [4.69, 9.17) is 0 Å². The first-order valence-electron chi connectivity index (χ1n) is 7.69. The molecule has 112 valence electrons. The van der Waals surface area contributed by atoms with Gasteiger partial charge in [0.2, 0.25) is 0 Å². The third kappa shape index (κ3) is 3.20. The first-order chi connectivity index (χ1) is 9.54. The Kier molecular flexibility index (Phi) is 5.14. The molecule has 1 saturated carbocycles. The van der Waals surface area contributed by atoms with Crippen LogP contribution in [0.4, 0.5) is 8.78 Å². The van der Waals surface area contributed by atoms with E-state index in [0.29, 0.717) is 23.0 Å². The monoisotopic (exact) mass is 281 g/mol. The maximum absolute atomic E-state index is 14.4. The first kappa shape index (κ1) is 15.4. The highest BCUT2D eigenvalue weighted by atomic mass is 19.1. The summed E-state index contributed by atoms with van der Waals surface area (Å²) < 4.78 is 28.6. The minimum absolute atomic E-state index is 0.00213. The Morgan fingerprint density at radius 1 is 1.25 bits per heavy atom. The zero-order chi connectivity index (χ0) is 14.7. The van der Waals surface area contributed by atoms with E-state index in [9.17, 15) is 8.78 Å². The fraction of sp³-hybridized carbons (Fsp3) is 0.647. The van der Waals surface area contributed by atoms with Crippen LogP contribution < -0.4 is 5.32 Å². The van der Waals surface area contributed by atoms with Gasteiger partial charge in [-0.25, -0.2) is 8.78 Å². The molecule has 0 heterocycles. The van der Waals surface area contributed by atoms with Crippen LogP contribution in [0.5, 0.6) is 0 Å². The van der Waals surface area contributed by atoms with Crippen LogP contribution >= 0.6 is 0 Å². The average molecular weight is 281 g/mol. The predicted molar refractivity (Wildman–Crippen MR) is 78.9 cm³/mol. The van der Waals surface area contributed by atoms with E-state index < -0.39 is 0 Å². The summed E-state index contributed by atoms with van der Waals surface area (Å²) in [7, 11) is 0. The summed E-state index contributed by atoms with van der Waals surface area (Å²) in [5.41, 5.74) is 0.862. The Balaban J connectivity index is 2.32. The average Bonchev–Trinajstić information content (AvgIpc) is 2.42. The molecule has 1 aliphatic rings. The van der Waals surface area contributed by atoms with Crippen LogP contribution in [0.15, 0.2) is 12.1 Å². The van der Waals surface area contributed by atoms with E-state index >= 15 is 0 Å².